The van der Waals surface area contributed by atoms with Crippen molar-refractivity contribution in [2.75, 3.05) is 48.6 Å². The molecule has 5 nitrogen and oxygen atoms in total. The van der Waals surface area contributed by atoms with E-state index in [-0.39, 0.29) is 0 Å². The Morgan fingerprint density at radius 2 is 1.00 bits per heavy atom. The van der Waals surface area contributed by atoms with E-state index in [4.69, 9.17) is 17.7 Å². The van der Waals surface area contributed by atoms with Crippen molar-refractivity contribution in [1.82, 2.24) is 4.90 Å². The molecular formula is C13H33NO4Si2. The minimum Gasteiger partial charge on any atom is -0.398 e. The van der Waals surface area contributed by atoms with E-state index in [9.17, 15) is 0 Å². The van der Waals surface area contributed by atoms with E-state index in [1.807, 2.05) is 0 Å². The highest BCUT2D eigenvalue weighted by atomic mass is 28.4. The first-order valence-corrected chi connectivity index (χ1v) is 12.3. The van der Waals surface area contributed by atoms with Gasteiger partial charge in [0.2, 0.25) is 0 Å². The van der Waals surface area contributed by atoms with Gasteiger partial charge < -0.3 is 22.6 Å². The zero-order valence-corrected chi connectivity index (χ0v) is 16.3. The van der Waals surface area contributed by atoms with Gasteiger partial charge in [-0.2, -0.15) is 0 Å². The zero-order chi connectivity index (χ0) is 15.6. The molecule has 0 rings (SSSR count). The van der Waals surface area contributed by atoms with Gasteiger partial charge in [-0.15, -0.1) is 0 Å². The number of hydrogen-bond acceptors (Lipinski definition) is 5. The van der Waals surface area contributed by atoms with E-state index in [0.29, 0.717) is 0 Å². The fourth-order valence-electron chi connectivity index (χ4n) is 2.03. The summed E-state index contributed by atoms with van der Waals surface area (Å²) in [6.45, 7) is 6.38. The van der Waals surface area contributed by atoms with Crippen molar-refractivity contribution in [3.05, 3.63) is 0 Å². The van der Waals surface area contributed by atoms with Crippen molar-refractivity contribution < 1.29 is 17.7 Å². The Morgan fingerprint density at radius 1 is 0.700 bits per heavy atom. The summed E-state index contributed by atoms with van der Waals surface area (Å²) in [5, 5.41) is 0. The third-order valence-corrected chi connectivity index (χ3v) is 10.0. The average Bonchev–Trinajstić information content (AvgIpc) is 2.46. The van der Waals surface area contributed by atoms with E-state index >= 15 is 0 Å². The third-order valence-electron chi connectivity index (χ3n) is 4.07. The summed E-state index contributed by atoms with van der Waals surface area (Å²) < 4.78 is 22.0. The zero-order valence-electron chi connectivity index (χ0n) is 14.3. The van der Waals surface area contributed by atoms with Crippen LogP contribution in [0.15, 0.2) is 0 Å². The third kappa shape index (κ3) is 7.87. The maximum absolute atomic E-state index is 5.49. The van der Waals surface area contributed by atoms with Crippen LogP contribution in [0.2, 0.25) is 25.2 Å². The van der Waals surface area contributed by atoms with E-state index in [2.05, 4.69) is 25.0 Å². The van der Waals surface area contributed by atoms with Crippen molar-refractivity contribution in [3.63, 3.8) is 0 Å². The van der Waals surface area contributed by atoms with Crippen molar-refractivity contribution in [3.8, 4) is 0 Å². The number of hydrogen-bond donors (Lipinski definition) is 0. The molecule has 0 aromatic rings. The monoisotopic (exact) mass is 323 g/mol. The Bertz CT molecular complexity index is 225. The summed E-state index contributed by atoms with van der Waals surface area (Å²) in [7, 11) is 5.37. The van der Waals surface area contributed by atoms with Gasteiger partial charge >= 0.3 is 17.1 Å². The van der Waals surface area contributed by atoms with Crippen molar-refractivity contribution in [1.29, 1.82) is 0 Å². The number of rotatable bonds is 12. The Kier molecular flexibility index (Phi) is 10.2. The fourth-order valence-corrected chi connectivity index (χ4v) is 4.78. The van der Waals surface area contributed by atoms with Crippen LogP contribution in [0.1, 0.15) is 12.8 Å². The molecule has 7 heteroatoms. The Hall–Kier alpha value is 0.234. The van der Waals surface area contributed by atoms with Crippen LogP contribution in [0, 0.1) is 0 Å². The normalized spacial score (nSPS) is 13.2. The summed E-state index contributed by atoms with van der Waals surface area (Å²) >= 11 is 0. The van der Waals surface area contributed by atoms with Gasteiger partial charge in [-0.05, 0) is 58.2 Å². The van der Waals surface area contributed by atoms with Crippen LogP contribution in [0.4, 0.5) is 0 Å². The lowest BCUT2D eigenvalue weighted by Crippen LogP contribution is -2.38. The largest absolute Gasteiger partial charge is 0.398 e. The second-order valence-electron chi connectivity index (χ2n) is 5.59. The molecule has 20 heavy (non-hydrogen) atoms. The number of nitrogens with zero attached hydrogens (tertiary/aromatic N) is 1. The smallest absolute Gasteiger partial charge is 0.334 e. The standard InChI is InChI=1S/C13H33NO4Si2/c1-14(10-8-12-19(6,15-2)16-3)11-9-13-20(7,17-4)18-5/h8-13H2,1-7H3. The maximum atomic E-state index is 5.49. The van der Waals surface area contributed by atoms with Gasteiger partial charge in [0.1, 0.15) is 0 Å². The summed E-state index contributed by atoms with van der Waals surface area (Å²) in [4.78, 5) is 2.36. The minimum absolute atomic E-state index is 1.03. The summed E-state index contributed by atoms with van der Waals surface area (Å²) in [6, 6.07) is 2.07. The fraction of sp³-hybridized carbons (Fsp3) is 1.00. The molecular weight excluding hydrogens is 290 g/mol. The first kappa shape index (κ1) is 20.2. The summed E-state index contributed by atoms with van der Waals surface area (Å²) in [5.74, 6) is 0. The predicted octanol–water partition coefficient (Wildman–Crippen LogP) is 2.43. The summed E-state index contributed by atoms with van der Waals surface area (Å²) in [5.41, 5.74) is 0. The van der Waals surface area contributed by atoms with Gasteiger partial charge in [-0.25, -0.2) is 0 Å². The molecule has 0 aliphatic heterocycles. The highest BCUT2D eigenvalue weighted by Gasteiger charge is 2.29. The second-order valence-corrected chi connectivity index (χ2v) is 12.8. The van der Waals surface area contributed by atoms with Crippen LogP contribution >= 0.6 is 0 Å². The molecule has 0 aromatic carbocycles. The Labute approximate surface area is 127 Å². The molecule has 0 aromatic heterocycles. The lowest BCUT2D eigenvalue weighted by molar-refractivity contribution is 0.240. The van der Waals surface area contributed by atoms with Gasteiger partial charge in [0, 0.05) is 28.4 Å². The predicted molar refractivity (Wildman–Crippen MR) is 87.6 cm³/mol. The quantitative estimate of drug-likeness (QED) is 0.516. The average molecular weight is 324 g/mol. The van der Waals surface area contributed by atoms with Crippen molar-refractivity contribution in [2.24, 2.45) is 0 Å². The van der Waals surface area contributed by atoms with E-state index in [1.54, 1.807) is 28.4 Å². The van der Waals surface area contributed by atoms with E-state index in [0.717, 1.165) is 38.0 Å². The topological polar surface area (TPSA) is 40.2 Å². The second kappa shape index (κ2) is 10.0. The Morgan fingerprint density at radius 3 is 1.25 bits per heavy atom. The molecule has 0 amide bonds. The van der Waals surface area contributed by atoms with Crippen LogP contribution in [0.3, 0.4) is 0 Å². The molecule has 0 aliphatic rings. The molecule has 0 unspecified atom stereocenters. The van der Waals surface area contributed by atoms with Crippen LogP contribution < -0.4 is 0 Å². The molecule has 122 valence electrons. The Balaban J connectivity index is 3.82. The first-order chi connectivity index (χ1) is 9.34. The molecule has 0 saturated heterocycles. The molecule has 0 N–H and O–H groups in total. The van der Waals surface area contributed by atoms with Crippen LogP contribution in [-0.2, 0) is 17.7 Å². The van der Waals surface area contributed by atoms with Gasteiger partial charge in [0.15, 0.2) is 0 Å². The van der Waals surface area contributed by atoms with Crippen molar-refractivity contribution >= 4 is 17.1 Å². The lowest BCUT2D eigenvalue weighted by atomic mass is 10.4. The molecule has 0 bridgehead atoms. The highest BCUT2D eigenvalue weighted by Crippen LogP contribution is 2.15. The molecule has 0 saturated carbocycles. The van der Waals surface area contributed by atoms with Crippen LogP contribution in [-0.4, -0.2) is 70.6 Å². The van der Waals surface area contributed by atoms with Crippen LogP contribution in [0.25, 0.3) is 0 Å². The SMILES string of the molecule is CO[Si](C)(CCCN(C)CCC[Si](C)(OC)OC)OC. The molecule has 0 radical (unpaired) electrons. The first-order valence-electron chi connectivity index (χ1n) is 7.24. The molecule has 0 heterocycles. The lowest BCUT2D eigenvalue weighted by Gasteiger charge is -2.25. The van der Waals surface area contributed by atoms with E-state index in [1.165, 1.54) is 0 Å². The molecule has 0 atom stereocenters. The molecule has 0 spiro atoms. The van der Waals surface area contributed by atoms with Gasteiger partial charge in [0.05, 0.1) is 0 Å². The highest BCUT2D eigenvalue weighted by molar-refractivity contribution is 6.66. The minimum atomic E-state index is -1.90. The van der Waals surface area contributed by atoms with Crippen LogP contribution in [0.5, 0.6) is 0 Å². The summed E-state index contributed by atoms with van der Waals surface area (Å²) in [6.07, 6.45) is 2.23. The molecule has 0 fully saturated rings. The van der Waals surface area contributed by atoms with E-state index < -0.39 is 17.1 Å². The van der Waals surface area contributed by atoms with Gasteiger partial charge in [-0.3, -0.25) is 0 Å². The van der Waals surface area contributed by atoms with Crippen molar-refractivity contribution in [2.45, 2.75) is 38.0 Å². The van der Waals surface area contributed by atoms with Gasteiger partial charge in [-0.1, -0.05) is 0 Å². The maximum Gasteiger partial charge on any atom is 0.334 e. The van der Waals surface area contributed by atoms with Gasteiger partial charge in [0.25, 0.3) is 0 Å². The molecule has 0 aliphatic carbocycles.